The van der Waals surface area contributed by atoms with Crippen molar-refractivity contribution < 1.29 is 21.6 Å². The predicted molar refractivity (Wildman–Crippen MR) is 123 cm³/mol. The SMILES string of the molecule is NS(=O)(=O)c1ccc(CCNC(=O)CCCNS(=O)(=O)c2ccc3ccccc3c2)cc1. The molecule has 10 heteroatoms. The van der Waals surface area contributed by atoms with Gasteiger partial charge in [-0.3, -0.25) is 4.79 Å². The summed E-state index contributed by atoms with van der Waals surface area (Å²) in [7, 11) is -7.37. The number of amides is 1. The number of fused-ring (bicyclic) bond motifs is 1. The highest BCUT2D eigenvalue weighted by Crippen LogP contribution is 2.18. The van der Waals surface area contributed by atoms with E-state index in [-0.39, 0.29) is 28.7 Å². The monoisotopic (exact) mass is 475 g/mol. The van der Waals surface area contributed by atoms with Gasteiger partial charge in [0.2, 0.25) is 26.0 Å². The van der Waals surface area contributed by atoms with E-state index in [1.54, 1.807) is 30.3 Å². The molecule has 3 aromatic carbocycles. The molecule has 0 unspecified atom stereocenters. The molecule has 0 fully saturated rings. The molecule has 32 heavy (non-hydrogen) atoms. The minimum Gasteiger partial charge on any atom is -0.356 e. The fraction of sp³-hybridized carbons (Fsp3) is 0.227. The first-order valence-electron chi connectivity index (χ1n) is 10.0. The molecular weight excluding hydrogens is 450 g/mol. The molecule has 0 aliphatic carbocycles. The molecule has 1 amide bonds. The average molecular weight is 476 g/mol. The molecule has 170 valence electrons. The van der Waals surface area contributed by atoms with Crippen LogP contribution in [0, 0.1) is 0 Å². The van der Waals surface area contributed by atoms with Crippen molar-refractivity contribution in [2.24, 2.45) is 5.14 Å². The van der Waals surface area contributed by atoms with Gasteiger partial charge >= 0.3 is 0 Å². The first-order valence-corrected chi connectivity index (χ1v) is 13.0. The van der Waals surface area contributed by atoms with E-state index >= 15 is 0 Å². The first kappa shape index (κ1) is 23.9. The molecule has 3 rings (SSSR count). The zero-order chi connectivity index (χ0) is 23.2. The Morgan fingerprint density at radius 2 is 1.47 bits per heavy atom. The number of hydrogen-bond donors (Lipinski definition) is 3. The molecule has 0 aliphatic rings. The number of benzene rings is 3. The van der Waals surface area contributed by atoms with Gasteiger partial charge in [-0.05, 0) is 53.4 Å². The van der Waals surface area contributed by atoms with Gasteiger partial charge in [0.1, 0.15) is 0 Å². The first-order chi connectivity index (χ1) is 15.1. The number of carbonyl (C=O) groups excluding carboxylic acids is 1. The van der Waals surface area contributed by atoms with Crippen LogP contribution in [0.4, 0.5) is 0 Å². The van der Waals surface area contributed by atoms with E-state index in [9.17, 15) is 21.6 Å². The molecule has 8 nitrogen and oxygen atoms in total. The summed E-state index contributed by atoms with van der Waals surface area (Å²) in [5.74, 6) is -0.184. The number of hydrogen-bond acceptors (Lipinski definition) is 5. The van der Waals surface area contributed by atoms with Crippen molar-refractivity contribution in [1.29, 1.82) is 0 Å². The average Bonchev–Trinajstić information content (AvgIpc) is 2.76. The van der Waals surface area contributed by atoms with Gasteiger partial charge in [-0.2, -0.15) is 0 Å². The maximum atomic E-state index is 12.5. The van der Waals surface area contributed by atoms with Crippen LogP contribution in [0.5, 0.6) is 0 Å². The van der Waals surface area contributed by atoms with E-state index in [0.717, 1.165) is 16.3 Å². The van der Waals surface area contributed by atoms with E-state index in [1.807, 2.05) is 24.3 Å². The third-order valence-electron chi connectivity index (χ3n) is 4.89. The van der Waals surface area contributed by atoms with Crippen molar-refractivity contribution in [3.8, 4) is 0 Å². The number of primary sulfonamides is 1. The lowest BCUT2D eigenvalue weighted by molar-refractivity contribution is -0.121. The van der Waals surface area contributed by atoms with Crippen molar-refractivity contribution in [1.82, 2.24) is 10.0 Å². The fourth-order valence-electron chi connectivity index (χ4n) is 3.15. The summed E-state index contributed by atoms with van der Waals surface area (Å²) in [6.45, 7) is 0.536. The molecule has 0 radical (unpaired) electrons. The highest BCUT2D eigenvalue weighted by molar-refractivity contribution is 7.89. The smallest absolute Gasteiger partial charge is 0.240 e. The Hall–Kier alpha value is -2.79. The second-order valence-corrected chi connectivity index (χ2v) is 10.6. The molecule has 3 aromatic rings. The highest BCUT2D eigenvalue weighted by atomic mass is 32.2. The van der Waals surface area contributed by atoms with Crippen molar-refractivity contribution in [2.45, 2.75) is 29.1 Å². The van der Waals surface area contributed by atoms with Crippen LogP contribution < -0.4 is 15.2 Å². The van der Waals surface area contributed by atoms with Crippen LogP contribution in [0.25, 0.3) is 10.8 Å². The maximum Gasteiger partial charge on any atom is 0.240 e. The summed E-state index contributed by atoms with van der Waals surface area (Å²) in [4.78, 5) is 12.2. The van der Waals surface area contributed by atoms with E-state index in [2.05, 4.69) is 10.0 Å². The molecular formula is C22H25N3O5S2. The van der Waals surface area contributed by atoms with Gasteiger partial charge in [0, 0.05) is 19.5 Å². The second-order valence-electron chi connectivity index (χ2n) is 7.30. The van der Waals surface area contributed by atoms with Crippen molar-refractivity contribution in [3.05, 3.63) is 72.3 Å². The summed E-state index contributed by atoms with van der Waals surface area (Å²) in [5.41, 5.74) is 0.862. The van der Waals surface area contributed by atoms with Gasteiger partial charge in [-0.1, -0.05) is 42.5 Å². The number of nitrogens with one attached hydrogen (secondary N) is 2. The Morgan fingerprint density at radius 1 is 0.812 bits per heavy atom. The molecule has 0 saturated heterocycles. The molecule has 4 N–H and O–H groups in total. The van der Waals surface area contributed by atoms with Crippen LogP contribution in [-0.2, 0) is 31.3 Å². The quantitative estimate of drug-likeness (QED) is 0.385. The van der Waals surface area contributed by atoms with Crippen molar-refractivity contribution in [3.63, 3.8) is 0 Å². The van der Waals surface area contributed by atoms with Crippen molar-refractivity contribution in [2.75, 3.05) is 13.1 Å². The molecule has 0 bridgehead atoms. The second kappa shape index (κ2) is 10.2. The lowest BCUT2D eigenvalue weighted by atomic mass is 10.1. The highest BCUT2D eigenvalue weighted by Gasteiger charge is 2.14. The summed E-state index contributed by atoms with van der Waals surface area (Å²) in [5, 5.41) is 9.63. The van der Waals surface area contributed by atoms with Gasteiger partial charge in [0.05, 0.1) is 9.79 Å². The molecule has 0 aromatic heterocycles. The number of carbonyl (C=O) groups is 1. The van der Waals surface area contributed by atoms with Gasteiger partial charge in [-0.15, -0.1) is 0 Å². The van der Waals surface area contributed by atoms with E-state index in [0.29, 0.717) is 19.4 Å². The minimum absolute atomic E-state index is 0.0384. The Bertz CT molecular complexity index is 1300. The summed E-state index contributed by atoms with van der Waals surface area (Å²) < 4.78 is 50.0. The predicted octanol–water partition coefficient (Wildman–Crippen LogP) is 1.90. The summed E-state index contributed by atoms with van der Waals surface area (Å²) >= 11 is 0. The zero-order valence-electron chi connectivity index (χ0n) is 17.3. The van der Waals surface area contributed by atoms with Crippen LogP contribution in [0.1, 0.15) is 18.4 Å². The zero-order valence-corrected chi connectivity index (χ0v) is 19.0. The van der Waals surface area contributed by atoms with E-state index in [1.165, 1.54) is 12.1 Å². The largest absolute Gasteiger partial charge is 0.356 e. The lowest BCUT2D eigenvalue weighted by Gasteiger charge is -2.09. The molecule has 0 aliphatic heterocycles. The topological polar surface area (TPSA) is 135 Å². The summed E-state index contributed by atoms with van der Waals surface area (Å²) in [6, 6.07) is 18.6. The Labute approximate surface area is 187 Å². The maximum absolute atomic E-state index is 12.5. The Morgan fingerprint density at radius 3 is 2.16 bits per heavy atom. The number of rotatable bonds is 10. The van der Waals surface area contributed by atoms with E-state index < -0.39 is 20.0 Å². The molecule has 0 saturated carbocycles. The van der Waals surface area contributed by atoms with Crippen LogP contribution in [-0.4, -0.2) is 35.8 Å². The van der Waals surface area contributed by atoms with Gasteiger partial charge < -0.3 is 5.32 Å². The van der Waals surface area contributed by atoms with Gasteiger partial charge in [0.15, 0.2) is 0 Å². The minimum atomic E-state index is -3.72. The number of sulfonamides is 2. The molecule has 0 spiro atoms. The van der Waals surface area contributed by atoms with Crippen molar-refractivity contribution >= 4 is 36.7 Å². The third kappa shape index (κ3) is 6.60. The number of nitrogens with two attached hydrogens (primary N) is 1. The van der Waals surface area contributed by atoms with E-state index in [4.69, 9.17) is 5.14 Å². The Balaban J connectivity index is 1.39. The van der Waals surface area contributed by atoms with Crippen LogP contribution in [0.15, 0.2) is 76.5 Å². The van der Waals surface area contributed by atoms with Crippen LogP contribution in [0.2, 0.25) is 0 Å². The van der Waals surface area contributed by atoms with Crippen LogP contribution in [0.3, 0.4) is 0 Å². The lowest BCUT2D eigenvalue weighted by Crippen LogP contribution is -2.28. The van der Waals surface area contributed by atoms with Gasteiger partial charge in [0.25, 0.3) is 0 Å². The molecule has 0 atom stereocenters. The van der Waals surface area contributed by atoms with Gasteiger partial charge in [-0.25, -0.2) is 26.7 Å². The Kier molecular flexibility index (Phi) is 7.62. The molecule has 0 heterocycles. The fourth-order valence-corrected chi connectivity index (χ4v) is 4.78. The van der Waals surface area contributed by atoms with Crippen LogP contribution >= 0.6 is 0 Å². The third-order valence-corrected chi connectivity index (χ3v) is 7.28. The standard InChI is InChI=1S/C22H25N3O5S2/c23-31(27,28)20-10-7-17(8-11-20)13-15-24-22(26)6-3-14-25-32(29,30)21-12-9-18-4-1-2-5-19(18)16-21/h1-2,4-5,7-12,16,25H,3,6,13-15H2,(H,24,26)(H2,23,27,28). The summed E-state index contributed by atoms with van der Waals surface area (Å²) in [6.07, 6.45) is 1.08. The normalized spacial score (nSPS) is 12.0.